The van der Waals surface area contributed by atoms with E-state index in [4.69, 9.17) is 5.73 Å². The van der Waals surface area contributed by atoms with Crippen LogP contribution in [0.2, 0.25) is 0 Å². The maximum atomic E-state index is 11.7. The molecule has 0 aliphatic carbocycles. The summed E-state index contributed by atoms with van der Waals surface area (Å²) < 4.78 is 1.44. The number of aromatic nitrogens is 1. The summed E-state index contributed by atoms with van der Waals surface area (Å²) in [6.07, 6.45) is 1.92. The van der Waals surface area contributed by atoms with Crippen molar-refractivity contribution >= 4 is 11.6 Å². The first-order valence-electron chi connectivity index (χ1n) is 5.13. The quantitative estimate of drug-likeness (QED) is 0.777. The van der Waals surface area contributed by atoms with Crippen molar-refractivity contribution in [2.24, 2.45) is 12.8 Å². The Labute approximate surface area is 94.3 Å². The van der Waals surface area contributed by atoms with Gasteiger partial charge in [0, 0.05) is 25.7 Å². The Morgan fingerprint density at radius 2 is 2.25 bits per heavy atom. The van der Waals surface area contributed by atoms with Gasteiger partial charge in [-0.3, -0.25) is 9.59 Å². The van der Waals surface area contributed by atoms with Crippen LogP contribution in [0.5, 0.6) is 0 Å². The van der Waals surface area contributed by atoms with E-state index in [0.717, 1.165) is 5.56 Å². The molecule has 0 radical (unpaired) electrons. The van der Waals surface area contributed by atoms with Gasteiger partial charge in [0.25, 0.3) is 5.56 Å². The van der Waals surface area contributed by atoms with Gasteiger partial charge in [-0.15, -0.1) is 0 Å². The van der Waals surface area contributed by atoms with Gasteiger partial charge in [0.05, 0.1) is 0 Å². The molecule has 0 fully saturated rings. The summed E-state index contributed by atoms with van der Waals surface area (Å²) in [6, 6.07) is 1.44. The number of amides is 1. The van der Waals surface area contributed by atoms with Crippen LogP contribution in [0.25, 0.3) is 0 Å². The summed E-state index contributed by atoms with van der Waals surface area (Å²) in [4.78, 5) is 23.1. The molecule has 88 valence electrons. The molecule has 1 amide bonds. The van der Waals surface area contributed by atoms with Crippen LogP contribution in [0, 0.1) is 6.92 Å². The molecule has 0 saturated carbocycles. The second-order valence-corrected chi connectivity index (χ2v) is 4.08. The average molecular weight is 223 g/mol. The van der Waals surface area contributed by atoms with Crippen molar-refractivity contribution in [3.05, 3.63) is 28.2 Å². The molecule has 0 spiro atoms. The zero-order chi connectivity index (χ0) is 12.3. The normalized spacial score (nSPS) is 12.2. The molecular weight excluding hydrogens is 206 g/mol. The van der Waals surface area contributed by atoms with E-state index in [1.807, 2.05) is 6.92 Å². The fourth-order valence-corrected chi connectivity index (χ4v) is 1.46. The van der Waals surface area contributed by atoms with Crippen LogP contribution in [0.3, 0.4) is 0 Å². The maximum Gasteiger partial charge on any atom is 0.274 e. The number of nitrogens with zero attached hydrogens (tertiary/aromatic N) is 1. The summed E-state index contributed by atoms with van der Waals surface area (Å²) in [5, 5.41) is 2.57. The minimum atomic E-state index is -0.238. The molecule has 0 saturated heterocycles. The second-order valence-electron chi connectivity index (χ2n) is 4.08. The number of hydrogen-bond donors (Lipinski definition) is 2. The molecule has 0 aliphatic heterocycles. The van der Waals surface area contributed by atoms with E-state index in [0.29, 0.717) is 5.69 Å². The topological polar surface area (TPSA) is 77.1 Å². The first-order valence-corrected chi connectivity index (χ1v) is 5.13. The summed E-state index contributed by atoms with van der Waals surface area (Å²) in [5.41, 5.74) is 6.50. The zero-order valence-corrected chi connectivity index (χ0v) is 9.78. The van der Waals surface area contributed by atoms with Gasteiger partial charge >= 0.3 is 0 Å². The number of rotatable bonds is 3. The number of hydrogen-bond acceptors (Lipinski definition) is 3. The van der Waals surface area contributed by atoms with E-state index >= 15 is 0 Å². The lowest BCUT2D eigenvalue weighted by atomic mass is 10.2. The highest BCUT2D eigenvalue weighted by Crippen LogP contribution is 2.04. The highest BCUT2D eigenvalue weighted by molar-refractivity contribution is 5.90. The molecule has 16 heavy (non-hydrogen) atoms. The van der Waals surface area contributed by atoms with Crippen LogP contribution < -0.4 is 16.6 Å². The Balaban J connectivity index is 2.89. The number of anilines is 1. The highest BCUT2D eigenvalue weighted by Gasteiger charge is 2.09. The van der Waals surface area contributed by atoms with E-state index in [1.165, 1.54) is 4.57 Å². The molecule has 1 aromatic rings. The van der Waals surface area contributed by atoms with Crippen molar-refractivity contribution in [2.45, 2.75) is 26.3 Å². The molecule has 3 N–H and O–H groups in total. The third-order valence-electron chi connectivity index (χ3n) is 2.10. The third kappa shape index (κ3) is 3.20. The van der Waals surface area contributed by atoms with Crippen LogP contribution in [0.15, 0.2) is 17.1 Å². The predicted octanol–water partition coefficient (Wildman–Crippen LogP) is 0.370. The van der Waals surface area contributed by atoms with Gasteiger partial charge in [-0.1, -0.05) is 0 Å². The number of pyridine rings is 1. The first-order chi connectivity index (χ1) is 7.40. The molecule has 0 aromatic carbocycles. The minimum absolute atomic E-state index is 0.205. The van der Waals surface area contributed by atoms with E-state index in [-0.39, 0.29) is 23.9 Å². The summed E-state index contributed by atoms with van der Waals surface area (Å²) >= 11 is 0. The van der Waals surface area contributed by atoms with Gasteiger partial charge in [-0.25, -0.2) is 0 Å². The summed E-state index contributed by atoms with van der Waals surface area (Å²) in [7, 11) is 1.65. The average Bonchev–Trinajstić information content (AvgIpc) is 2.11. The van der Waals surface area contributed by atoms with Crippen LogP contribution >= 0.6 is 0 Å². The Hall–Kier alpha value is -1.62. The monoisotopic (exact) mass is 223 g/mol. The standard InChI is InChI=1S/C11H17N3O2/c1-7-4-9(11(16)14(3)6-7)13-10(15)5-8(2)12/h4,6,8H,5,12H2,1-3H3,(H,13,15). The van der Waals surface area contributed by atoms with Crippen LogP contribution in [-0.2, 0) is 11.8 Å². The first kappa shape index (κ1) is 12.4. The third-order valence-corrected chi connectivity index (χ3v) is 2.10. The van der Waals surface area contributed by atoms with Crippen molar-refractivity contribution in [2.75, 3.05) is 5.32 Å². The number of aryl methyl sites for hydroxylation is 2. The number of carbonyl (C=O) groups is 1. The van der Waals surface area contributed by atoms with Crippen LogP contribution in [0.4, 0.5) is 5.69 Å². The Bertz CT molecular complexity index is 449. The number of nitrogens with two attached hydrogens (primary N) is 1. The highest BCUT2D eigenvalue weighted by atomic mass is 16.2. The van der Waals surface area contributed by atoms with Gasteiger partial charge in [-0.2, -0.15) is 0 Å². The van der Waals surface area contributed by atoms with E-state index in [9.17, 15) is 9.59 Å². The Morgan fingerprint density at radius 3 is 2.81 bits per heavy atom. The largest absolute Gasteiger partial charge is 0.327 e. The van der Waals surface area contributed by atoms with Crippen molar-refractivity contribution in [1.29, 1.82) is 0 Å². The Morgan fingerprint density at radius 1 is 1.62 bits per heavy atom. The molecular formula is C11H17N3O2. The molecule has 1 heterocycles. The lowest BCUT2D eigenvalue weighted by Gasteiger charge is -2.08. The number of nitrogens with one attached hydrogen (secondary N) is 1. The molecule has 0 bridgehead atoms. The number of carbonyl (C=O) groups excluding carboxylic acids is 1. The van der Waals surface area contributed by atoms with E-state index in [2.05, 4.69) is 5.32 Å². The smallest absolute Gasteiger partial charge is 0.274 e. The molecule has 1 atom stereocenters. The molecule has 5 heteroatoms. The van der Waals surface area contributed by atoms with Crippen molar-refractivity contribution < 1.29 is 4.79 Å². The van der Waals surface area contributed by atoms with Gasteiger partial charge in [-0.05, 0) is 25.5 Å². The fourth-order valence-electron chi connectivity index (χ4n) is 1.46. The van der Waals surface area contributed by atoms with E-state index in [1.54, 1.807) is 26.2 Å². The molecule has 0 aliphatic rings. The Kier molecular flexibility index (Phi) is 3.84. The van der Waals surface area contributed by atoms with Crippen molar-refractivity contribution in [3.8, 4) is 0 Å². The molecule has 1 aromatic heterocycles. The van der Waals surface area contributed by atoms with Gasteiger partial charge in [0.1, 0.15) is 5.69 Å². The van der Waals surface area contributed by atoms with E-state index < -0.39 is 0 Å². The van der Waals surface area contributed by atoms with Crippen molar-refractivity contribution in [1.82, 2.24) is 4.57 Å². The lowest BCUT2D eigenvalue weighted by molar-refractivity contribution is -0.116. The van der Waals surface area contributed by atoms with Gasteiger partial charge < -0.3 is 15.6 Å². The second kappa shape index (κ2) is 4.94. The van der Waals surface area contributed by atoms with Crippen LogP contribution in [-0.4, -0.2) is 16.5 Å². The predicted molar refractivity (Wildman–Crippen MR) is 63.3 cm³/mol. The minimum Gasteiger partial charge on any atom is -0.327 e. The molecule has 5 nitrogen and oxygen atoms in total. The maximum absolute atomic E-state index is 11.7. The summed E-state index contributed by atoms with van der Waals surface area (Å²) in [6.45, 7) is 3.61. The van der Waals surface area contributed by atoms with Crippen LogP contribution in [0.1, 0.15) is 18.9 Å². The zero-order valence-electron chi connectivity index (χ0n) is 9.78. The molecule has 1 rings (SSSR count). The van der Waals surface area contributed by atoms with Gasteiger partial charge in [0.2, 0.25) is 5.91 Å². The van der Waals surface area contributed by atoms with Crippen molar-refractivity contribution in [3.63, 3.8) is 0 Å². The molecule has 1 unspecified atom stereocenters. The lowest BCUT2D eigenvalue weighted by Crippen LogP contribution is -2.28. The summed E-state index contributed by atoms with van der Waals surface area (Å²) in [5.74, 6) is -0.238. The fraction of sp³-hybridized carbons (Fsp3) is 0.455. The van der Waals surface area contributed by atoms with Gasteiger partial charge in [0.15, 0.2) is 0 Å². The SMILES string of the molecule is Cc1cc(NC(=O)CC(C)N)c(=O)n(C)c1.